The second-order valence-corrected chi connectivity index (χ2v) is 5.47. The van der Waals surface area contributed by atoms with Crippen LogP contribution in [0.1, 0.15) is 22.7 Å². The van der Waals surface area contributed by atoms with Gasteiger partial charge in [-0.05, 0) is 23.8 Å². The largest absolute Gasteiger partial charge is 0.325 e. The highest BCUT2D eigenvalue weighted by atomic mass is 16.2. The van der Waals surface area contributed by atoms with Gasteiger partial charge in [0.05, 0.1) is 29.3 Å². The maximum Gasteiger partial charge on any atom is 0.238 e. The Hall–Kier alpha value is -3.53. The van der Waals surface area contributed by atoms with E-state index < -0.39 is 5.92 Å². The van der Waals surface area contributed by atoms with Crippen molar-refractivity contribution in [1.29, 1.82) is 5.26 Å². The summed E-state index contributed by atoms with van der Waals surface area (Å²) >= 11 is 0. The van der Waals surface area contributed by atoms with Crippen molar-refractivity contribution in [2.75, 3.05) is 5.32 Å². The molecular formula is C17H12N6O. The van der Waals surface area contributed by atoms with Gasteiger partial charge < -0.3 is 5.32 Å². The van der Waals surface area contributed by atoms with Crippen LogP contribution in [0.4, 0.5) is 5.69 Å². The number of hydrogen-bond donors (Lipinski definition) is 1. The van der Waals surface area contributed by atoms with E-state index in [0.717, 1.165) is 10.9 Å². The Balaban J connectivity index is 1.91. The monoisotopic (exact) mass is 316 g/mol. The summed E-state index contributed by atoms with van der Waals surface area (Å²) in [6.07, 6.45) is 4.95. The van der Waals surface area contributed by atoms with Gasteiger partial charge in [-0.15, -0.1) is 6.58 Å². The molecule has 0 bridgehead atoms. The van der Waals surface area contributed by atoms with Crippen molar-refractivity contribution < 1.29 is 4.79 Å². The molecule has 1 atom stereocenters. The molecule has 1 N–H and O–H groups in total. The van der Waals surface area contributed by atoms with Gasteiger partial charge >= 0.3 is 0 Å². The van der Waals surface area contributed by atoms with Crippen LogP contribution in [0.15, 0.2) is 43.4 Å². The lowest BCUT2D eigenvalue weighted by Gasteiger charge is -2.08. The number of aromatic nitrogens is 4. The normalized spacial score (nSPS) is 15.8. The van der Waals surface area contributed by atoms with Crippen molar-refractivity contribution in [1.82, 2.24) is 19.7 Å². The van der Waals surface area contributed by atoms with Gasteiger partial charge in [-0.1, -0.05) is 6.08 Å². The zero-order valence-electron chi connectivity index (χ0n) is 12.6. The molecule has 1 unspecified atom stereocenters. The predicted molar refractivity (Wildman–Crippen MR) is 87.1 cm³/mol. The third-order valence-corrected chi connectivity index (χ3v) is 4.00. The standard InChI is InChI=1S/C17H12N6O/c1-2-5-23-8-12-15(19-9-20-16(12)22-23)14-11-6-10(7-18)3-4-13(11)21-17(14)24/h2-4,6,8-9,14H,1,5H2,(H,21,24). The molecule has 2 aromatic heterocycles. The van der Waals surface area contributed by atoms with E-state index in [1.165, 1.54) is 6.33 Å². The minimum Gasteiger partial charge on any atom is -0.325 e. The van der Waals surface area contributed by atoms with Gasteiger partial charge in [-0.25, -0.2) is 9.97 Å². The molecule has 1 aliphatic rings. The predicted octanol–water partition coefficient (Wildman–Crippen LogP) is 1.97. The Morgan fingerprint density at radius 2 is 2.29 bits per heavy atom. The van der Waals surface area contributed by atoms with E-state index in [4.69, 9.17) is 5.26 Å². The molecule has 4 rings (SSSR count). The molecule has 24 heavy (non-hydrogen) atoms. The Morgan fingerprint density at radius 3 is 3.08 bits per heavy atom. The van der Waals surface area contributed by atoms with Crippen molar-refractivity contribution in [3.05, 3.63) is 60.2 Å². The van der Waals surface area contributed by atoms with Gasteiger partial charge in [0.15, 0.2) is 5.65 Å². The molecule has 0 aliphatic carbocycles. The summed E-state index contributed by atoms with van der Waals surface area (Å²) < 4.78 is 1.70. The third kappa shape index (κ3) is 2.05. The molecule has 3 aromatic rings. The molecule has 1 aliphatic heterocycles. The van der Waals surface area contributed by atoms with Crippen LogP contribution < -0.4 is 5.32 Å². The van der Waals surface area contributed by atoms with Crippen molar-refractivity contribution in [3.63, 3.8) is 0 Å². The molecule has 1 aromatic carbocycles. The number of nitrogens with zero attached hydrogens (tertiary/aromatic N) is 5. The SMILES string of the molecule is C=CCn1cc2c(C3C(=O)Nc4ccc(C#N)cc43)ncnc2n1. The number of rotatable bonds is 3. The van der Waals surface area contributed by atoms with E-state index >= 15 is 0 Å². The zero-order chi connectivity index (χ0) is 16.7. The van der Waals surface area contributed by atoms with E-state index in [0.29, 0.717) is 29.1 Å². The van der Waals surface area contributed by atoms with E-state index in [-0.39, 0.29) is 5.91 Å². The van der Waals surface area contributed by atoms with Gasteiger partial charge in [-0.3, -0.25) is 9.48 Å². The summed E-state index contributed by atoms with van der Waals surface area (Å²) in [6.45, 7) is 4.24. The molecule has 0 radical (unpaired) electrons. The molecule has 0 spiro atoms. The first-order chi connectivity index (χ1) is 11.7. The van der Waals surface area contributed by atoms with Gasteiger partial charge in [-0.2, -0.15) is 10.4 Å². The van der Waals surface area contributed by atoms with Gasteiger partial charge in [0, 0.05) is 11.9 Å². The summed E-state index contributed by atoms with van der Waals surface area (Å²) in [6, 6.07) is 7.25. The summed E-state index contributed by atoms with van der Waals surface area (Å²) in [4.78, 5) is 21.0. The Bertz CT molecular complexity index is 1030. The average molecular weight is 316 g/mol. The van der Waals surface area contributed by atoms with Crippen molar-refractivity contribution in [2.45, 2.75) is 12.5 Å². The van der Waals surface area contributed by atoms with Gasteiger partial charge in [0.1, 0.15) is 12.2 Å². The second kappa shape index (κ2) is 5.28. The third-order valence-electron chi connectivity index (χ3n) is 4.00. The van der Waals surface area contributed by atoms with Crippen LogP contribution >= 0.6 is 0 Å². The lowest BCUT2D eigenvalue weighted by atomic mass is 9.94. The van der Waals surface area contributed by atoms with Crippen LogP contribution in [0, 0.1) is 11.3 Å². The smallest absolute Gasteiger partial charge is 0.238 e. The quantitative estimate of drug-likeness (QED) is 0.745. The van der Waals surface area contributed by atoms with Crippen LogP contribution in [0.3, 0.4) is 0 Å². The molecular weight excluding hydrogens is 304 g/mol. The number of amides is 1. The molecule has 0 saturated heterocycles. The number of carbonyl (C=O) groups is 1. The summed E-state index contributed by atoms with van der Waals surface area (Å²) in [5.41, 5.74) is 3.06. The first kappa shape index (κ1) is 14.1. The summed E-state index contributed by atoms with van der Waals surface area (Å²) in [5.74, 6) is -0.753. The zero-order valence-corrected chi connectivity index (χ0v) is 12.6. The maximum atomic E-state index is 12.5. The minimum atomic E-state index is -0.583. The second-order valence-electron chi connectivity index (χ2n) is 5.47. The summed E-state index contributed by atoms with van der Waals surface area (Å²) in [5, 5.41) is 17.0. The molecule has 0 saturated carbocycles. The van der Waals surface area contributed by atoms with Crippen molar-refractivity contribution in [2.24, 2.45) is 0 Å². The van der Waals surface area contributed by atoms with E-state index in [1.807, 2.05) is 6.20 Å². The minimum absolute atomic E-state index is 0.170. The number of hydrogen-bond acceptors (Lipinski definition) is 5. The number of nitrogens with one attached hydrogen (secondary N) is 1. The Kier molecular flexibility index (Phi) is 3.10. The lowest BCUT2D eigenvalue weighted by Crippen LogP contribution is -2.14. The molecule has 7 nitrogen and oxygen atoms in total. The Morgan fingerprint density at radius 1 is 1.42 bits per heavy atom. The van der Waals surface area contributed by atoms with Gasteiger partial charge in [0.2, 0.25) is 5.91 Å². The number of fused-ring (bicyclic) bond motifs is 2. The number of carbonyl (C=O) groups excluding carboxylic acids is 1. The first-order valence-corrected chi connectivity index (χ1v) is 7.35. The van der Waals surface area contributed by atoms with E-state index in [9.17, 15) is 4.79 Å². The Labute approximate surface area is 137 Å². The van der Waals surface area contributed by atoms with Crippen molar-refractivity contribution in [3.8, 4) is 6.07 Å². The van der Waals surface area contributed by atoms with Crippen LogP contribution in [0.2, 0.25) is 0 Å². The fourth-order valence-corrected chi connectivity index (χ4v) is 2.96. The maximum absolute atomic E-state index is 12.5. The van der Waals surface area contributed by atoms with Crippen LogP contribution in [-0.2, 0) is 11.3 Å². The van der Waals surface area contributed by atoms with Gasteiger partial charge in [0.25, 0.3) is 0 Å². The molecule has 0 fully saturated rings. The lowest BCUT2D eigenvalue weighted by molar-refractivity contribution is -0.116. The van der Waals surface area contributed by atoms with E-state index in [1.54, 1.807) is 29.0 Å². The highest BCUT2D eigenvalue weighted by Gasteiger charge is 2.35. The van der Waals surface area contributed by atoms with Crippen LogP contribution in [0.25, 0.3) is 11.0 Å². The van der Waals surface area contributed by atoms with Crippen LogP contribution in [0.5, 0.6) is 0 Å². The topological polar surface area (TPSA) is 96.5 Å². The fourth-order valence-electron chi connectivity index (χ4n) is 2.96. The van der Waals surface area contributed by atoms with E-state index in [2.05, 4.69) is 33.0 Å². The number of allylic oxidation sites excluding steroid dienone is 1. The number of anilines is 1. The highest BCUT2D eigenvalue weighted by Crippen LogP contribution is 2.38. The molecule has 7 heteroatoms. The number of nitriles is 1. The fraction of sp³-hybridized carbons (Fsp3) is 0.118. The number of benzene rings is 1. The average Bonchev–Trinajstić information content (AvgIpc) is 3.13. The summed E-state index contributed by atoms with van der Waals surface area (Å²) in [7, 11) is 0. The molecule has 116 valence electrons. The van der Waals surface area contributed by atoms with Crippen LogP contribution in [-0.4, -0.2) is 25.7 Å². The first-order valence-electron chi connectivity index (χ1n) is 7.35. The molecule has 3 heterocycles. The highest BCUT2D eigenvalue weighted by molar-refractivity contribution is 6.06. The molecule has 1 amide bonds. The van der Waals surface area contributed by atoms with Crippen molar-refractivity contribution >= 4 is 22.6 Å².